The average Bonchev–Trinajstić information content (AvgIpc) is 2.39. The number of aliphatic hydroxyl groups excluding tert-OH is 1. The molecule has 2 rings (SSSR count). The van der Waals surface area contributed by atoms with Gasteiger partial charge in [0.15, 0.2) is 0 Å². The number of benzene rings is 1. The quantitative estimate of drug-likeness (QED) is 0.865. The van der Waals surface area contributed by atoms with Gasteiger partial charge in [-0.2, -0.15) is 0 Å². The van der Waals surface area contributed by atoms with Gasteiger partial charge in [0.2, 0.25) is 0 Å². The second-order valence-electron chi connectivity index (χ2n) is 6.27. The van der Waals surface area contributed by atoms with Crippen molar-refractivity contribution in [2.45, 2.75) is 70.6 Å². The van der Waals surface area contributed by atoms with E-state index in [1.165, 1.54) is 24.8 Å². The molecule has 2 N–H and O–H groups in total. The Balaban J connectivity index is 1.93. The first kappa shape index (κ1) is 14.5. The van der Waals surface area contributed by atoms with E-state index in [0.717, 1.165) is 12.0 Å². The first-order valence-electron chi connectivity index (χ1n) is 7.60. The Morgan fingerprint density at radius 1 is 1.16 bits per heavy atom. The van der Waals surface area contributed by atoms with E-state index in [0.29, 0.717) is 18.0 Å². The predicted octanol–water partition coefficient (Wildman–Crippen LogP) is 3.76. The molecule has 0 amide bonds. The fourth-order valence-corrected chi connectivity index (χ4v) is 2.93. The van der Waals surface area contributed by atoms with Crippen LogP contribution in [-0.2, 0) is 0 Å². The highest BCUT2D eigenvalue weighted by Crippen LogP contribution is 2.25. The van der Waals surface area contributed by atoms with Gasteiger partial charge in [0.25, 0.3) is 0 Å². The molecule has 1 aromatic carbocycles. The van der Waals surface area contributed by atoms with E-state index in [9.17, 15) is 5.11 Å². The molecule has 1 saturated heterocycles. The zero-order valence-corrected chi connectivity index (χ0v) is 12.4. The van der Waals surface area contributed by atoms with Crippen molar-refractivity contribution < 1.29 is 5.11 Å². The summed E-state index contributed by atoms with van der Waals surface area (Å²) in [5, 5.41) is 13.9. The first-order valence-corrected chi connectivity index (χ1v) is 7.60. The van der Waals surface area contributed by atoms with Crippen LogP contribution in [0.5, 0.6) is 0 Å². The zero-order chi connectivity index (χ0) is 13.8. The van der Waals surface area contributed by atoms with Gasteiger partial charge >= 0.3 is 0 Å². The molecule has 1 fully saturated rings. The Morgan fingerprint density at radius 3 is 2.37 bits per heavy atom. The summed E-state index contributed by atoms with van der Waals surface area (Å²) in [6.45, 7) is 6.62. The molecule has 1 aliphatic rings. The number of hydrogen-bond donors (Lipinski definition) is 2. The molecule has 2 nitrogen and oxygen atoms in total. The third-order valence-corrected chi connectivity index (χ3v) is 4.21. The van der Waals surface area contributed by atoms with E-state index < -0.39 is 0 Å². The normalized spacial score (nSPS) is 25.5. The van der Waals surface area contributed by atoms with Crippen molar-refractivity contribution in [1.29, 1.82) is 0 Å². The number of piperidine rings is 1. The summed E-state index contributed by atoms with van der Waals surface area (Å²) in [6, 6.07) is 9.48. The lowest BCUT2D eigenvalue weighted by atomic mass is 9.92. The van der Waals surface area contributed by atoms with Crippen LogP contribution in [0.2, 0.25) is 0 Å². The number of hydrogen-bond acceptors (Lipinski definition) is 2. The van der Waals surface area contributed by atoms with Gasteiger partial charge in [-0.25, -0.2) is 0 Å². The van der Waals surface area contributed by atoms with Crippen LogP contribution in [0, 0.1) is 0 Å². The summed E-state index contributed by atoms with van der Waals surface area (Å²) >= 11 is 0. The summed E-state index contributed by atoms with van der Waals surface area (Å²) < 4.78 is 0. The van der Waals surface area contributed by atoms with Crippen LogP contribution >= 0.6 is 0 Å². The number of nitrogens with one attached hydrogen (secondary N) is 1. The van der Waals surface area contributed by atoms with Crippen molar-refractivity contribution in [2.75, 3.05) is 0 Å². The van der Waals surface area contributed by atoms with Crippen molar-refractivity contribution in [3.63, 3.8) is 0 Å². The molecule has 0 bridgehead atoms. The zero-order valence-electron chi connectivity index (χ0n) is 12.4. The Bertz CT molecular complexity index is 385. The summed E-state index contributed by atoms with van der Waals surface area (Å²) in [7, 11) is 0. The van der Waals surface area contributed by atoms with E-state index in [-0.39, 0.29) is 6.10 Å². The van der Waals surface area contributed by atoms with Gasteiger partial charge in [0.05, 0.1) is 6.10 Å². The van der Waals surface area contributed by atoms with Gasteiger partial charge < -0.3 is 10.4 Å². The van der Waals surface area contributed by atoms with Gasteiger partial charge in [0.1, 0.15) is 0 Å². The van der Waals surface area contributed by atoms with Crippen molar-refractivity contribution in [2.24, 2.45) is 0 Å². The first-order chi connectivity index (χ1) is 9.06. The summed E-state index contributed by atoms with van der Waals surface area (Å²) in [5.41, 5.74) is 2.38. The highest BCUT2D eigenvalue weighted by molar-refractivity contribution is 5.26. The second kappa shape index (κ2) is 6.53. The molecule has 19 heavy (non-hydrogen) atoms. The molecule has 2 heteroatoms. The average molecular weight is 261 g/mol. The minimum Gasteiger partial charge on any atom is -0.388 e. The lowest BCUT2D eigenvalue weighted by molar-refractivity contribution is 0.139. The predicted molar refractivity (Wildman–Crippen MR) is 80.3 cm³/mol. The van der Waals surface area contributed by atoms with Gasteiger partial charge in [-0.05, 0) is 43.2 Å². The molecule has 1 aliphatic heterocycles. The highest BCUT2D eigenvalue weighted by atomic mass is 16.3. The van der Waals surface area contributed by atoms with Crippen LogP contribution in [0.3, 0.4) is 0 Å². The largest absolute Gasteiger partial charge is 0.388 e. The molecule has 0 spiro atoms. The topological polar surface area (TPSA) is 32.3 Å². The van der Waals surface area contributed by atoms with E-state index in [1.807, 2.05) is 0 Å². The van der Waals surface area contributed by atoms with Crippen LogP contribution in [0.15, 0.2) is 24.3 Å². The molecule has 0 aliphatic carbocycles. The van der Waals surface area contributed by atoms with Crippen LogP contribution in [0.25, 0.3) is 0 Å². The minimum atomic E-state index is -0.344. The third-order valence-electron chi connectivity index (χ3n) is 4.21. The Morgan fingerprint density at radius 2 is 1.79 bits per heavy atom. The summed E-state index contributed by atoms with van der Waals surface area (Å²) in [6.07, 6.45) is 4.20. The standard InChI is InChI=1S/C17H27NO/c1-12(2)14-7-9-15(10-8-14)17(19)11-16-6-4-5-13(3)18-16/h7-10,12-13,16-19H,4-6,11H2,1-3H3. The van der Waals surface area contributed by atoms with Crippen molar-refractivity contribution in [1.82, 2.24) is 5.32 Å². The van der Waals surface area contributed by atoms with Crippen LogP contribution in [-0.4, -0.2) is 17.2 Å². The van der Waals surface area contributed by atoms with Crippen LogP contribution in [0.1, 0.15) is 69.6 Å². The smallest absolute Gasteiger partial charge is 0.0804 e. The van der Waals surface area contributed by atoms with E-state index >= 15 is 0 Å². The maximum absolute atomic E-state index is 10.3. The molecular formula is C17H27NO. The fourth-order valence-electron chi connectivity index (χ4n) is 2.93. The molecule has 1 heterocycles. The number of aliphatic hydroxyl groups is 1. The molecule has 3 atom stereocenters. The van der Waals surface area contributed by atoms with E-state index in [1.54, 1.807) is 0 Å². The molecule has 3 unspecified atom stereocenters. The van der Waals surface area contributed by atoms with Crippen molar-refractivity contribution in [3.05, 3.63) is 35.4 Å². The van der Waals surface area contributed by atoms with Crippen molar-refractivity contribution in [3.8, 4) is 0 Å². The maximum atomic E-state index is 10.3. The molecule has 0 aromatic heterocycles. The SMILES string of the molecule is CC1CCCC(CC(O)c2ccc(C(C)C)cc2)N1. The second-order valence-corrected chi connectivity index (χ2v) is 6.27. The lowest BCUT2D eigenvalue weighted by Gasteiger charge is -2.30. The molecule has 1 aromatic rings. The highest BCUT2D eigenvalue weighted by Gasteiger charge is 2.21. The fraction of sp³-hybridized carbons (Fsp3) is 0.647. The maximum Gasteiger partial charge on any atom is 0.0804 e. The van der Waals surface area contributed by atoms with E-state index in [2.05, 4.69) is 50.4 Å². The van der Waals surface area contributed by atoms with Gasteiger partial charge in [-0.15, -0.1) is 0 Å². The minimum absolute atomic E-state index is 0.344. The van der Waals surface area contributed by atoms with E-state index in [4.69, 9.17) is 0 Å². The van der Waals surface area contributed by atoms with Crippen molar-refractivity contribution >= 4 is 0 Å². The van der Waals surface area contributed by atoms with Crippen LogP contribution < -0.4 is 5.32 Å². The third kappa shape index (κ3) is 4.05. The van der Waals surface area contributed by atoms with Gasteiger partial charge in [0, 0.05) is 12.1 Å². The Labute approximate surface area is 117 Å². The lowest BCUT2D eigenvalue weighted by Crippen LogP contribution is -2.41. The molecule has 0 radical (unpaired) electrons. The number of rotatable bonds is 4. The summed E-state index contributed by atoms with van der Waals surface area (Å²) in [5.74, 6) is 0.548. The molecule has 0 saturated carbocycles. The van der Waals surface area contributed by atoms with Gasteiger partial charge in [-0.1, -0.05) is 44.5 Å². The monoisotopic (exact) mass is 261 g/mol. The Hall–Kier alpha value is -0.860. The molecule has 106 valence electrons. The van der Waals surface area contributed by atoms with Gasteiger partial charge in [-0.3, -0.25) is 0 Å². The molecular weight excluding hydrogens is 234 g/mol. The summed E-state index contributed by atoms with van der Waals surface area (Å²) in [4.78, 5) is 0. The Kier molecular flexibility index (Phi) is 5.00. The van der Waals surface area contributed by atoms with Crippen LogP contribution in [0.4, 0.5) is 0 Å².